The number of carbonyl (C=O) groups is 2. The van der Waals surface area contributed by atoms with Crippen LogP contribution in [0.3, 0.4) is 0 Å². The number of hydrogen-bond acceptors (Lipinski definition) is 3. The number of anilines is 2. The van der Waals surface area contributed by atoms with Gasteiger partial charge in [0.25, 0.3) is 0 Å². The van der Waals surface area contributed by atoms with E-state index in [2.05, 4.69) is 10.6 Å². The van der Waals surface area contributed by atoms with Crippen LogP contribution in [0.4, 0.5) is 15.8 Å². The van der Waals surface area contributed by atoms with Gasteiger partial charge in [-0.25, -0.2) is 4.39 Å². The van der Waals surface area contributed by atoms with E-state index in [1.165, 1.54) is 32.0 Å². The lowest BCUT2D eigenvalue weighted by molar-refractivity contribution is -0.118. The fraction of sp³-hybridized carbons (Fsp3) is 0.357. The average molecular weight is 346 g/mol. The number of nitrogens with zero attached hydrogens (tertiary/aromatic N) is 1. The van der Waals surface area contributed by atoms with Crippen molar-refractivity contribution in [3.8, 4) is 6.07 Å². The van der Waals surface area contributed by atoms with Crippen molar-refractivity contribution in [2.24, 2.45) is 5.92 Å². The SMILES string of the molecule is CC(C#N)C(=O)Nc1cccc(NC(=O)CC(C)(Cl)Cl)c1F. The van der Waals surface area contributed by atoms with Gasteiger partial charge >= 0.3 is 0 Å². The van der Waals surface area contributed by atoms with Crippen LogP contribution in [0.1, 0.15) is 20.3 Å². The lowest BCUT2D eigenvalue weighted by Crippen LogP contribution is -2.22. The fourth-order valence-corrected chi connectivity index (χ4v) is 1.74. The van der Waals surface area contributed by atoms with Crippen molar-refractivity contribution in [3.05, 3.63) is 24.0 Å². The van der Waals surface area contributed by atoms with Crippen LogP contribution in [0.5, 0.6) is 0 Å². The standard InChI is InChI=1S/C14H14Cl2FN3O2/c1-8(7-18)13(22)20-10-5-3-4-9(12(10)17)19-11(21)6-14(2,15)16/h3-5,8H,6H2,1-2H3,(H,19,21)(H,20,22). The highest BCUT2D eigenvalue weighted by molar-refractivity contribution is 6.49. The maximum atomic E-state index is 14.2. The maximum Gasteiger partial charge on any atom is 0.241 e. The molecule has 0 radical (unpaired) electrons. The molecule has 1 aromatic rings. The normalized spacial score (nSPS) is 12.2. The van der Waals surface area contributed by atoms with Crippen molar-refractivity contribution < 1.29 is 14.0 Å². The van der Waals surface area contributed by atoms with Crippen molar-refractivity contribution in [2.75, 3.05) is 10.6 Å². The van der Waals surface area contributed by atoms with Gasteiger partial charge < -0.3 is 10.6 Å². The van der Waals surface area contributed by atoms with Gasteiger partial charge in [0.2, 0.25) is 11.8 Å². The number of rotatable bonds is 5. The van der Waals surface area contributed by atoms with Crippen LogP contribution in [-0.4, -0.2) is 16.1 Å². The summed E-state index contributed by atoms with van der Waals surface area (Å²) in [5, 5.41) is 13.3. The van der Waals surface area contributed by atoms with E-state index >= 15 is 0 Å². The lowest BCUT2D eigenvalue weighted by Gasteiger charge is -2.14. The van der Waals surface area contributed by atoms with E-state index in [0.717, 1.165) is 0 Å². The van der Waals surface area contributed by atoms with Gasteiger partial charge in [-0.2, -0.15) is 5.26 Å². The molecule has 1 unspecified atom stereocenters. The smallest absolute Gasteiger partial charge is 0.241 e. The summed E-state index contributed by atoms with van der Waals surface area (Å²) in [6.07, 6.45) is -0.225. The molecule has 0 bridgehead atoms. The first-order valence-corrected chi connectivity index (χ1v) is 7.06. The van der Waals surface area contributed by atoms with Crippen LogP contribution in [0, 0.1) is 23.1 Å². The number of nitrogens with one attached hydrogen (secondary N) is 2. The van der Waals surface area contributed by atoms with E-state index in [1.54, 1.807) is 6.07 Å². The number of alkyl halides is 2. The number of halogens is 3. The van der Waals surface area contributed by atoms with Gasteiger partial charge in [0, 0.05) is 0 Å². The molecular formula is C14H14Cl2FN3O2. The third-order valence-corrected chi connectivity index (χ3v) is 2.86. The number of benzene rings is 1. The molecular weight excluding hydrogens is 332 g/mol. The fourth-order valence-electron chi connectivity index (χ4n) is 1.50. The van der Waals surface area contributed by atoms with E-state index in [4.69, 9.17) is 28.5 Å². The molecule has 0 aliphatic heterocycles. The lowest BCUT2D eigenvalue weighted by atomic mass is 10.2. The molecule has 0 saturated carbocycles. The van der Waals surface area contributed by atoms with Crippen molar-refractivity contribution in [1.29, 1.82) is 5.26 Å². The summed E-state index contributed by atoms with van der Waals surface area (Å²) in [5.74, 6) is -2.95. The zero-order valence-electron chi connectivity index (χ0n) is 11.9. The summed E-state index contributed by atoms with van der Waals surface area (Å²) in [7, 11) is 0. The highest BCUT2D eigenvalue weighted by Crippen LogP contribution is 2.26. The molecule has 1 rings (SSSR count). The second kappa shape index (κ2) is 7.43. The molecule has 5 nitrogen and oxygen atoms in total. The van der Waals surface area contributed by atoms with Crippen LogP contribution in [-0.2, 0) is 9.59 Å². The zero-order valence-corrected chi connectivity index (χ0v) is 13.4. The van der Waals surface area contributed by atoms with Crippen LogP contribution in [0.25, 0.3) is 0 Å². The Hall–Kier alpha value is -1.84. The van der Waals surface area contributed by atoms with Crippen molar-refractivity contribution in [3.63, 3.8) is 0 Å². The van der Waals surface area contributed by atoms with Crippen LogP contribution >= 0.6 is 23.2 Å². The summed E-state index contributed by atoms with van der Waals surface area (Å²) in [6.45, 7) is 2.83. The molecule has 1 atom stereocenters. The number of amides is 2. The maximum absolute atomic E-state index is 14.2. The first-order chi connectivity index (χ1) is 10.1. The Labute approximate surface area is 137 Å². The predicted octanol–water partition coefficient (Wildman–Crippen LogP) is 3.45. The Morgan fingerprint density at radius 1 is 1.36 bits per heavy atom. The van der Waals surface area contributed by atoms with Gasteiger partial charge in [-0.3, -0.25) is 9.59 Å². The quantitative estimate of drug-likeness (QED) is 0.801. The third kappa shape index (κ3) is 5.51. The Kier molecular flexibility index (Phi) is 6.15. The van der Waals surface area contributed by atoms with Crippen molar-refractivity contribution in [1.82, 2.24) is 0 Å². The Balaban J connectivity index is 2.88. The van der Waals surface area contributed by atoms with E-state index in [0.29, 0.717) is 0 Å². The van der Waals surface area contributed by atoms with Crippen LogP contribution in [0.2, 0.25) is 0 Å². The molecule has 22 heavy (non-hydrogen) atoms. The highest BCUT2D eigenvalue weighted by Gasteiger charge is 2.22. The summed E-state index contributed by atoms with van der Waals surface area (Å²) in [5.41, 5.74) is -0.255. The summed E-state index contributed by atoms with van der Waals surface area (Å²) in [6, 6.07) is 5.84. The molecule has 1 aromatic carbocycles. The molecule has 8 heteroatoms. The third-order valence-electron chi connectivity index (χ3n) is 2.59. The molecule has 0 heterocycles. The monoisotopic (exact) mass is 345 g/mol. The van der Waals surface area contributed by atoms with Gasteiger partial charge in [-0.15, -0.1) is 23.2 Å². The summed E-state index contributed by atoms with van der Waals surface area (Å²) >= 11 is 11.4. The van der Waals surface area contributed by atoms with Crippen LogP contribution in [0.15, 0.2) is 18.2 Å². The molecule has 0 aromatic heterocycles. The van der Waals surface area contributed by atoms with Crippen LogP contribution < -0.4 is 10.6 Å². The molecule has 0 aliphatic rings. The van der Waals surface area contributed by atoms with Gasteiger partial charge in [-0.1, -0.05) is 6.07 Å². The Morgan fingerprint density at radius 3 is 2.41 bits per heavy atom. The van der Waals surface area contributed by atoms with Gasteiger partial charge in [0.15, 0.2) is 5.82 Å². The van der Waals surface area contributed by atoms with E-state index < -0.39 is 27.9 Å². The van der Waals surface area contributed by atoms with Gasteiger partial charge in [0.05, 0.1) is 23.9 Å². The van der Waals surface area contributed by atoms with E-state index in [9.17, 15) is 14.0 Å². The molecule has 0 aliphatic carbocycles. The number of hydrogen-bond donors (Lipinski definition) is 2. The summed E-state index contributed by atoms with van der Waals surface area (Å²) < 4.78 is 12.9. The molecule has 0 saturated heterocycles. The van der Waals surface area contributed by atoms with Gasteiger partial charge in [0.1, 0.15) is 10.3 Å². The summed E-state index contributed by atoms with van der Waals surface area (Å²) in [4.78, 5) is 23.3. The average Bonchev–Trinajstić information content (AvgIpc) is 2.40. The molecule has 118 valence electrons. The number of carbonyl (C=O) groups excluding carboxylic acids is 2. The topological polar surface area (TPSA) is 82.0 Å². The minimum Gasteiger partial charge on any atom is -0.323 e. The first-order valence-electron chi connectivity index (χ1n) is 6.30. The Morgan fingerprint density at radius 2 is 1.91 bits per heavy atom. The zero-order chi connectivity index (χ0) is 16.9. The Bertz CT molecular complexity index is 623. The molecule has 2 N–H and O–H groups in total. The second-order valence-corrected chi connectivity index (χ2v) is 6.66. The minimum atomic E-state index is -1.27. The largest absolute Gasteiger partial charge is 0.323 e. The highest BCUT2D eigenvalue weighted by atomic mass is 35.5. The molecule has 0 fully saturated rings. The predicted molar refractivity (Wildman–Crippen MR) is 83.2 cm³/mol. The molecule has 0 spiro atoms. The number of nitriles is 1. The van der Waals surface area contributed by atoms with Crippen molar-refractivity contribution in [2.45, 2.75) is 24.6 Å². The molecule has 2 amide bonds. The van der Waals surface area contributed by atoms with Gasteiger partial charge in [-0.05, 0) is 26.0 Å². The van der Waals surface area contributed by atoms with Crippen molar-refractivity contribution >= 4 is 46.4 Å². The van der Waals surface area contributed by atoms with E-state index in [-0.39, 0.29) is 17.8 Å². The van der Waals surface area contributed by atoms with E-state index in [1.807, 2.05) is 0 Å². The first kappa shape index (κ1) is 18.2. The minimum absolute atomic E-state index is 0.120. The second-order valence-electron chi connectivity index (χ2n) is 4.80.